The molecule has 2 aromatic rings. The van der Waals surface area contributed by atoms with Crippen LogP contribution in [0.2, 0.25) is 0 Å². The Morgan fingerprint density at radius 1 is 0.889 bits per heavy atom. The molecule has 0 spiro atoms. The predicted octanol–water partition coefficient (Wildman–Crippen LogP) is 5.70. The molecule has 0 saturated carbocycles. The van der Waals surface area contributed by atoms with Crippen LogP contribution in [0, 0.1) is 20.8 Å². The normalized spacial score (nSPS) is 12.5. The molecule has 0 aliphatic heterocycles. The first-order valence-corrected chi connectivity index (χ1v) is 7.19. The number of halogens is 2. The van der Waals surface area contributed by atoms with Crippen molar-refractivity contribution >= 4 is 27.5 Å². The zero-order valence-corrected chi connectivity index (χ0v) is 13.1. The summed E-state index contributed by atoms with van der Waals surface area (Å²) in [6.07, 6.45) is 0. The van der Waals surface area contributed by atoms with Gasteiger partial charge in [-0.2, -0.15) is 0 Å². The number of hydrogen-bond donors (Lipinski definition) is 0. The van der Waals surface area contributed by atoms with Crippen LogP contribution < -0.4 is 0 Å². The van der Waals surface area contributed by atoms with E-state index < -0.39 is 0 Å². The molecule has 0 bridgehead atoms. The smallest absolute Gasteiger partial charge is 0.0841 e. The molecule has 1 unspecified atom stereocenters. The van der Waals surface area contributed by atoms with Crippen molar-refractivity contribution in [3.63, 3.8) is 0 Å². The monoisotopic (exact) mass is 322 g/mol. The summed E-state index contributed by atoms with van der Waals surface area (Å²) in [7, 11) is 0. The van der Waals surface area contributed by atoms with E-state index in [4.69, 9.17) is 11.6 Å². The van der Waals surface area contributed by atoms with E-state index in [2.05, 4.69) is 67.0 Å². The van der Waals surface area contributed by atoms with Crippen molar-refractivity contribution in [2.24, 2.45) is 0 Å². The molecule has 0 aromatic heterocycles. The van der Waals surface area contributed by atoms with Crippen LogP contribution in [0.1, 0.15) is 33.2 Å². The van der Waals surface area contributed by atoms with Crippen LogP contribution in [0.15, 0.2) is 40.9 Å². The molecule has 0 heterocycles. The Bertz CT molecular complexity index is 524. The molecule has 0 radical (unpaired) electrons. The van der Waals surface area contributed by atoms with Crippen LogP contribution in [0.25, 0.3) is 0 Å². The fraction of sp³-hybridized carbons (Fsp3) is 0.250. The van der Waals surface area contributed by atoms with Gasteiger partial charge in [-0.1, -0.05) is 45.8 Å². The molecule has 2 rings (SSSR count). The average Bonchev–Trinajstić information content (AvgIpc) is 2.34. The summed E-state index contributed by atoms with van der Waals surface area (Å²) >= 11 is 10.2. The first kappa shape index (κ1) is 13.6. The maximum Gasteiger partial charge on any atom is 0.0841 e. The molecular weight excluding hydrogens is 308 g/mol. The third-order valence-electron chi connectivity index (χ3n) is 3.22. The van der Waals surface area contributed by atoms with Gasteiger partial charge in [-0.05, 0) is 55.2 Å². The Morgan fingerprint density at radius 2 is 1.44 bits per heavy atom. The highest BCUT2D eigenvalue weighted by Crippen LogP contribution is 2.34. The van der Waals surface area contributed by atoms with Gasteiger partial charge in [-0.15, -0.1) is 11.6 Å². The maximum absolute atomic E-state index is 6.67. The summed E-state index contributed by atoms with van der Waals surface area (Å²) in [4.78, 5) is 0. The molecule has 1 atom stereocenters. The molecule has 0 saturated heterocycles. The van der Waals surface area contributed by atoms with E-state index in [0.717, 1.165) is 4.47 Å². The lowest BCUT2D eigenvalue weighted by atomic mass is 9.95. The van der Waals surface area contributed by atoms with Gasteiger partial charge in [0.05, 0.1) is 5.38 Å². The SMILES string of the molecule is Cc1ccc(C)c(C(Cl)c2cc(Br)ccc2C)c1. The van der Waals surface area contributed by atoms with Gasteiger partial charge in [0.1, 0.15) is 0 Å². The van der Waals surface area contributed by atoms with E-state index in [1.807, 2.05) is 6.07 Å². The number of aryl methyl sites for hydroxylation is 3. The number of alkyl halides is 1. The van der Waals surface area contributed by atoms with Crippen molar-refractivity contribution in [1.29, 1.82) is 0 Å². The third kappa shape index (κ3) is 2.78. The summed E-state index contributed by atoms with van der Waals surface area (Å²) in [6, 6.07) is 12.7. The highest BCUT2D eigenvalue weighted by atomic mass is 79.9. The van der Waals surface area contributed by atoms with Crippen LogP contribution in [0.5, 0.6) is 0 Å². The first-order chi connectivity index (χ1) is 8.49. The van der Waals surface area contributed by atoms with Gasteiger partial charge >= 0.3 is 0 Å². The highest BCUT2D eigenvalue weighted by Gasteiger charge is 2.15. The van der Waals surface area contributed by atoms with Crippen LogP contribution in [0.3, 0.4) is 0 Å². The topological polar surface area (TPSA) is 0 Å². The first-order valence-electron chi connectivity index (χ1n) is 5.96. The van der Waals surface area contributed by atoms with Crippen LogP contribution >= 0.6 is 27.5 Å². The largest absolute Gasteiger partial charge is 0.113 e. The fourth-order valence-electron chi connectivity index (χ4n) is 2.08. The van der Waals surface area contributed by atoms with E-state index in [-0.39, 0.29) is 5.38 Å². The molecule has 2 aromatic carbocycles. The van der Waals surface area contributed by atoms with E-state index >= 15 is 0 Å². The minimum atomic E-state index is -0.0950. The molecule has 0 fully saturated rings. The molecule has 2 heteroatoms. The summed E-state index contributed by atoms with van der Waals surface area (Å²) in [5.74, 6) is 0. The zero-order chi connectivity index (χ0) is 13.3. The van der Waals surface area contributed by atoms with Crippen LogP contribution in [0.4, 0.5) is 0 Å². The van der Waals surface area contributed by atoms with Crippen molar-refractivity contribution in [1.82, 2.24) is 0 Å². The Labute approximate surface area is 122 Å². The van der Waals surface area contributed by atoms with E-state index in [1.54, 1.807) is 0 Å². The van der Waals surface area contributed by atoms with E-state index in [0.29, 0.717) is 0 Å². The summed E-state index contributed by atoms with van der Waals surface area (Å²) in [5.41, 5.74) is 6.06. The Kier molecular flexibility index (Phi) is 4.14. The highest BCUT2D eigenvalue weighted by molar-refractivity contribution is 9.10. The summed E-state index contributed by atoms with van der Waals surface area (Å²) in [5, 5.41) is -0.0950. The Morgan fingerprint density at radius 3 is 2.11 bits per heavy atom. The lowest BCUT2D eigenvalue weighted by molar-refractivity contribution is 1.08. The van der Waals surface area contributed by atoms with Crippen molar-refractivity contribution in [2.75, 3.05) is 0 Å². The lowest BCUT2D eigenvalue weighted by Gasteiger charge is -2.16. The van der Waals surface area contributed by atoms with Gasteiger partial charge in [-0.25, -0.2) is 0 Å². The minimum absolute atomic E-state index is 0.0950. The predicted molar refractivity (Wildman–Crippen MR) is 82.5 cm³/mol. The van der Waals surface area contributed by atoms with Crippen molar-refractivity contribution in [2.45, 2.75) is 26.1 Å². The van der Waals surface area contributed by atoms with Gasteiger partial charge in [0.2, 0.25) is 0 Å². The summed E-state index contributed by atoms with van der Waals surface area (Å²) < 4.78 is 1.07. The molecule has 0 N–H and O–H groups in total. The van der Waals surface area contributed by atoms with E-state index in [9.17, 15) is 0 Å². The van der Waals surface area contributed by atoms with Crippen molar-refractivity contribution in [3.05, 3.63) is 68.7 Å². The molecular formula is C16H16BrCl. The van der Waals surface area contributed by atoms with Crippen LogP contribution in [-0.2, 0) is 0 Å². The summed E-state index contributed by atoms with van der Waals surface area (Å²) in [6.45, 7) is 6.31. The lowest BCUT2D eigenvalue weighted by Crippen LogP contribution is -1.99. The Balaban J connectivity index is 2.50. The second-order valence-electron chi connectivity index (χ2n) is 4.72. The third-order valence-corrected chi connectivity index (χ3v) is 4.19. The molecule has 0 nitrogen and oxygen atoms in total. The van der Waals surface area contributed by atoms with Gasteiger partial charge in [0.15, 0.2) is 0 Å². The molecule has 0 aliphatic rings. The van der Waals surface area contributed by atoms with Crippen LogP contribution in [-0.4, -0.2) is 0 Å². The molecule has 0 amide bonds. The second-order valence-corrected chi connectivity index (χ2v) is 6.08. The van der Waals surface area contributed by atoms with Gasteiger partial charge in [-0.3, -0.25) is 0 Å². The van der Waals surface area contributed by atoms with Crippen molar-refractivity contribution in [3.8, 4) is 0 Å². The molecule has 94 valence electrons. The average molecular weight is 324 g/mol. The Hall–Kier alpha value is -0.790. The number of hydrogen-bond acceptors (Lipinski definition) is 0. The van der Waals surface area contributed by atoms with Gasteiger partial charge in [0, 0.05) is 4.47 Å². The standard InChI is InChI=1S/C16H16BrCl/c1-10-4-5-11(2)14(8-10)16(18)15-9-13(17)7-6-12(15)3/h4-9,16H,1-3H3. The number of benzene rings is 2. The maximum atomic E-state index is 6.67. The zero-order valence-electron chi connectivity index (χ0n) is 10.8. The quantitative estimate of drug-likeness (QED) is 0.622. The van der Waals surface area contributed by atoms with Crippen molar-refractivity contribution < 1.29 is 0 Å². The molecule has 0 aliphatic carbocycles. The molecule has 18 heavy (non-hydrogen) atoms. The van der Waals surface area contributed by atoms with Gasteiger partial charge in [0.25, 0.3) is 0 Å². The minimum Gasteiger partial charge on any atom is -0.113 e. The fourth-order valence-corrected chi connectivity index (χ4v) is 2.93. The van der Waals surface area contributed by atoms with Gasteiger partial charge < -0.3 is 0 Å². The number of rotatable bonds is 2. The second kappa shape index (κ2) is 5.46. The van der Waals surface area contributed by atoms with E-state index in [1.165, 1.54) is 27.8 Å².